The molecule has 0 heterocycles. The molecule has 0 bridgehead atoms. The molecule has 1 rings (SSSR count). The van der Waals surface area contributed by atoms with Crippen LogP contribution in [0.15, 0.2) is 30.9 Å². The van der Waals surface area contributed by atoms with Crippen LogP contribution in [0.2, 0.25) is 0 Å². The van der Waals surface area contributed by atoms with Crippen LogP contribution in [-0.2, 0) is 4.79 Å². The van der Waals surface area contributed by atoms with Gasteiger partial charge in [-0.25, -0.2) is 0 Å². The van der Waals surface area contributed by atoms with Crippen molar-refractivity contribution in [1.29, 1.82) is 0 Å². The minimum absolute atomic E-state index is 0.130. The predicted molar refractivity (Wildman–Crippen MR) is 88.9 cm³/mol. The highest BCUT2D eigenvalue weighted by Gasteiger charge is 2.17. The van der Waals surface area contributed by atoms with Gasteiger partial charge in [0.1, 0.15) is 5.75 Å². The van der Waals surface area contributed by atoms with Crippen molar-refractivity contribution in [3.05, 3.63) is 42.0 Å². The van der Waals surface area contributed by atoms with Crippen LogP contribution in [0.1, 0.15) is 76.3 Å². The molecule has 0 fully saturated rings. The van der Waals surface area contributed by atoms with Gasteiger partial charge in [-0.3, -0.25) is 4.79 Å². The van der Waals surface area contributed by atoms with E-state index in [-0.39, 0.29) is 5.97 Å². The second-order valence-electron chi connectivity index (χ2n) is 6.08. The van der Waals surface area contributed by atoms with Gasteiger partial charge >= 0.3 is 5.97 Å². The fraction of sp³-hybridized carbons (Fsp3) is 0.526. The van der Waals surface area contributed by atoms with Gasteiger partial charge in [-0.15, -0.1) is 6.58 Å². The molecule has 0 saturated carbocycles. The third kappa shape index (κ3) is 5.37. The third-order valence-electron chi connectivity index (χ3n) is 3.58. The van der Waals surface area contributed by atoms with E-state index in [0.717, 1.165) is 36.1 Å². The van der Waals surface area contributed by atoms with Gasteiger partial charge in [-0.2, -0.15) is 0 Å². The number of carbonyl (C=O) groups excluding carboxylic acids is 1. The first kappa shape index (κ1) is 17.5. The van der Waals surface area contributed by atoms with Crippen LogP contribution in [0.3, 0.4) is 0 Å². The van der Waals surface area contributed by atoms with Crippen LogP contribution in [0.5, 0.6) is 5.75 Å². The molecular weight excluding hydrogens is 260 g/mol. The molecule has 1 aromatic rings. The standard InChI is InChI=1S/C19H28O2/c1-6-7-8-9-13-18(20)21-19-16(14(2)3)11-10-12-17(19)15(4)5/h6,10-12,14-15H,1,7-9,13H2,2-5H3. The zero-order valence-corrected chi connectivity index (χ0v) is 13.8. The molecule has 1 aromatic carbocycles. The number of esters is 1. The Morgan fingerprint density at radius 1 is 1.14 bits per heavy atom. The average Bonchev–Trinajstić information content (AvgIpc) is 2.43. The third-order valence-corrected chi connectivity index (χ3v) is 3.58. The van der Waals surface area contributed by atoms with Gasteiger partial charge < -0.3 is 4.74 Å². The number of hydrogen-bond donors (Lipinski definition) is 0. The number of hydrogen-bond acceptors (Lipinski definition) is 2. The molecule has 0 atom stereocenters. The zero-order chi connectivity index (χ0) is 15.8. The Hall–Kier alpha value is -1.57. The molecule has 21 heavy (non-hydrogen) atoms. The molecule has 0 spiro atoms. The number of ether oxygens (including phenoxy) is 1. The minimum Gasteiger partial charge on any atom is -0.426 e. The second kappa shape index (κ2) is 8.66. The first-order valence-corrected chi connectivity index (χ1v) is 7.91. The highest BCUT2D eigenvalue weighted by atomic mass is 16.5. The van der Waals surface area contributed by atoms with Crippen molar-refractivity contribution in [2.45, 2.75) is 65.2 Å². The van der Waals surface area contributed by atoms with Crippen molar-refractivity contribution in [3.63, 3.8) is 0 Å². The summed E-state index contributed by atoms with van der Waals surface area (Å²) >= 11 is 0. The van der Waals surface area contributed by atoms with Crippen molar-refractivity contribution in [1.82, 2.24) is 0 Å². The number of benzene rings is 1. The van der Waals surface area contributed by atoms with E-state index in [9.17, 15) is 4.79 Å². The molecule has 0 aliphatic rings. The van der Waals surface area contributed by atoms with Crippen molar-refractivity contribution in [2.75, 3.05) is 0 Å². The lowest BCUT2D eigenvalue weighted by Crippen LogP contribution is -2.12. The topological polar surface area (TPSA) is 26.3 Å². The lowest BCUT2D eigenvalue weighted by molar-refractivity contribution is -0.134. The van der Waals surface area contributed by atoms with Crippen LogP contribution in [0, 0.1) is 0 Å². The van der Waals surface area contributed by atoms with E-state index >= 15 is 0 Å². The van der Waals surface area contributed by atoms with Gasteiger partial charge in [-0.05, 0) is 42.2 Å². The van der Waals surface area contributed by atoms with E-state index in [4.69, 9.17) is 4.74 Å². The Bertz CT molecular complexity index is 446. The fourth-order valence-corrected chi connectivity index (χ4v) is 2.32. The molecule has 0 aliphatic carbocycles. The van der Waals surface area contributed by atoms with Gasteiger partial charge in [0.05, 0.1) is 0 Å². The van der Waals surface area contributed by atoms with Crippen molar-refractivity contribution < 1.29 is 9.53 Å². The van der Waals surface area contributed by atoms with Gasteiger partial charge in [-0.1, -0.05) is 52.0 Å². The van der Waals surface area contributed by atoms with E-state index in [1.807, 2.05) is 12.1 Å². The van der Waals surface area contributed by atoms with Crippen LogP contribution < -0.4 is 4.74 Å². The summed E-state index contributed by atoms with van der Waals surface area (Å²) in [7, 11) is 0. The first-order chi connectivity index (χ1) is 9.97. The Kier molecular flexibility index (Phi) is 7.21. The lowest BCUT2D eigenvalue weighted by Gasteiger charge is -2.18. The van der Waals surface area contributed by atoms with Crippen molar-refractivity contribution in [3.8, 4) is 5.75 Å². The number of para-hydroxylation sites is 1. The molecule has 0 saturated heterocycles. The maximum Gasteiger partial charge on any atom is 0.311 e. The Labute approximate surface area is 129 Å². The SMILES string of the molecule is C=CCCCCC(=O)Oc1c(C(C)C)cccc1C(C)C. The molecule has 0 N–H and O–H groups in total. The molecule has 116 valence electrons. The van der Waals surface area contributed by atoms with E-state index in [0.29, 0.717) is 18.3 Å². The van der Waals surface area contributed by atoms with Gasteiger partial charge in [0.2, 0.25) is 0 Å². The zero-order valence-electron chi connectivity index (χ0n) is 13.8. The summed E-state index contributed by atoms with van der Waals surface area (Å²) < 4.78 is 5.71. The summed E-state index contributed by atoms with van der Waals surface area (Å²) in [5.41, 5.74) is 2.22. The van der Waals surface area contributed by atoms with Gasteiger partial charge in [0, 0.05) is 6.42 Å². The summed E-state index contributed by atoms with van der Waals surface area (Å²) in [6, 6.07) is 6.15. The number of carbonyl (C=O) groups is 1. The maximum absolute atomic E-state index is 12.1. The smallest absolute Gasteiger partial charge is 0.311 e. The van der Waals surface area contributed by atoms with Crippen molar-refractivity contribution in [2.24, 2.45) is 0 Å². The van der Waals surface area contributed by atoms with E-state index in [1.54, 1.807) is 0 Å². The minimum atomic E-state index is -0.130. The summed E-state index contributed by atoms with van der Waals surface area (Å²) in [5, 5.41) is 0. The van der Waals surface area contributed by atoms with Crippen LogP contribution in [0.4, 0.5) is 0 Å². The average molecular weight is 288 g/mol. The van der Waals surface area contributed by atoms with Gasteiger partial charge in [0.25, 0.3) is 0 Å². The Morgan fingerprint density at radius 3 is 2.19 bits per heavy atom. The largest absolute Gasteiger partial charge is 0.426 e. The number of allylic oxidation sites excluding steroid dienone is 1. The quantitative estimate of drug-likeness (QED) is 0.270. The fourth-order valence-electron chi connectivity index (χ4n) is 2.32. The Morgan fingerprint density at radius 2 is 1.71 bits per heavy atom. The molecule has 0 radical (unpaired) electrons. The van der Waals surface area contributed by atoms with Crippen molar-refractivity contribution >= 4 is 5.97 Å². The summed E-state index contributed by atoms with van der Waals surface area (Å²) in [5.74, 6) is 1.32. The highest BCUT2D eigenvalue weighted by Crippen LogP contribution is 2.34. The summed E-state index contributed by atoms with van der Waals surface area (Å²) in [6.45, 7) is 12.2. The molecular formula is C19H28O2. The lowest BCUT2D eigenvalue weighted by atomic mass is 9.94. The maximum atomic E-state index is 12.1. The monoisotopic (exact) mass is 288 g/mol. The Balaban J connectivity index is 2.84. The van der Waals surface area contributed by atoms with Gasteiger partial charge in [0.15, 0.2) is 0 Å². The molecule has 0 aromatic heterocycles. The summed E-state index contributed by atoms with van der Waals surface area (Å²) in [6.07, 6.45) is 5.15. The number of unbranched alkanes of at least 4 members (excludes halogenated alkanes) is 2. The molecule has 0 amide bonds. The molecule has 2 heteroatoms. The van der Waals surface area contributed by atoms with Crippen LogP contribution in [-0.4, -0.2) is 5.97 Å². The second-order valence-corrected chi connectivity index (χ2v) is 6.08. The first-order valence-electron chi connectivity index (χ1n) is 7.91. The van der Waals surface area contributed by atoms with Crippen LogP contribution in [0.25, 0.3) is 0 Å². The molecule has 0 unspecified atom stereocenters. The van der Waals surface area contributed by atoms with E-state index < -0.39 is 0 Å². The summed E-state index contributed by atoms with van der Waals surface area (Å²) in [4.78, 5) is 12.1. The van der Waals surface area contributed by atoms with Crippen LogP contribution >= 0.6 is 0 Å². The highest BCUT2D eigenvalue weighted by molar-refractivity contribution is 5.73. The molecule has 2 nitrogen and oxygen atoms in total. The van der Waals surface area contributed by atoms with E-state index in [2.05, 4.69) is 46.4 Å². The molecule has 0 aliphatic heterocycles. The number of rotatable bonds is 8. The predicted octanol–water partition coefficient (Wildman–Crippen LogP) is 5.59. The normalized spacial score (nSPS) is 11.0. The van der Waals surface area contributed by atoms with E-state index in [1.165, 1.54) is 0 Å².